The van der Waals surface area contributed by atoms with Crippen LogP contribution in [0.1, 0.15) is 66.9 Å². The Hall–Kier alpha value is -2.49. The van der Waals surface area contributed by atoms with Gasteiger partial charge in [-0.25, -0.2) is 4.79 Å². The van der Waals surface area contributed by atoms with Crippen LogP contribution in [0.2, 0.25) is 0 Å². The van der Waals surface area contributed by atoms with E-state index >= 15 is 0 Å². The predicted octanol–water partition coefficient (Wildman–Crippen LogP) is 4.49. The second kappa shape index (κ2) is 16.4. The zero-order valence-electron chi connectivity index (χ0n) is 23.4. The standard InChI is InChI=1S/C28H44O9/c1-8-24(29)35-19-22-9-11-23(12-10-22)36-25(30)20-34-18-17-33-16-15-32-14-13-21(2)28(6,7)26(31)37-27(3,4)5/h9-12,21H,8,13-20H2,1-7H3. The van der Waals surface area contributed by atoms with Gasteiger partial charge in [-0.15, -0.1) is 0 Å². The maximum Gasteiger partial charge on any atom is 0.337 e. The van der Waals surface area contributed by atoms with Crippen LogP contribution < -0.4 is 4.74 Å². The third-order valence-corrected chi connectivity index (χ3v) is 5.66. The summed E-state index contributed by atoms with van der Waals surface area (Å²) in [5.41, 5.74) is -0.301. The molecule has 1 unspecified atom stereocenters. The molecule has 9 heteroatoms. The lowest BCUT2D eigenvalue weighted by atomic mass is 9.78. The Morgan fingerprint density at radius 3 is 1.95 bits per heavy atom. The molecule has 0 bridgehead atoms. The number of ether oxygens (including phenoxy) is 6. The van der Waals surface area contributed by atoms with Crippen LogP contribution in [-0.4, -0.2) is 63.2 Å². The summed E-state index contributed by atoms with van der Waals surface area (Å²) < 4.78 is 32.1. The maximum absolute atomic E-state index is 12.4. The van der Waals surface area contributed by atoms with E-state index in [1.54, 1.807) is 31.2 Å². The molecule has 0 saturated carbocycles. The smallest absolute Gasteiger partial charge is 0.337 e. The van der Waals surface area contributed by atoms with Crippen LogP contribution in [-0.2, 0) is 44.7 Å². The summed E-state index contributed by atoms with van der Waals surface area (Å²) in [6.45, 7) is 15.0. The van der Waals surface area contributed by atoms with Crippen LogP contribution in [0.5, 0.6) is 5.75 Å². The van der Waals surface area contributed by atoms with E-state index in [4.69, 9.17) is 28.4 Å². The quantitative estimate of drug-likeness (QED) is 0.165. The first-order valence-electron chi connectivity index (χ1n) is 12.8. The largest absolute Gasteiger partial charge is 0.461 e. The van der Waals surface area contributed by atoms with Crippen LogP contribution in [0, 0.1) is 11.3 Å². The molecule has 0 aliphatic rings. The lowest BCUT2D eigenvalue weighted by Gasteiger charge is -2.33. The molecule has 0 heterocycles. The molecule has 1 aromatic carbocycles. The molecule has 0 fully saturated rings. The number of esters is 3. The average molecular weight is 525 g/mol. The van der Waals surface area contributed by atoms with E-state index in [0.717, 1.165) is 12.0 Å². The number of rotatable bonds is 17. The summed E-state index contributed by atoms with van der Waals surface area (Å²) in [4.78, 5) is 35.5. The Bertz CT molecular complexity index is 825. The average Bonchev–Trinajstić information content (AvgIpc) is 2.83. The fourth-order valence-corrected chi connectivity index (χ4v) is 2.91. The Morgan fingerprint density at radius 1 is 0.811 bits per heavy atom. The second-order valence-corrected chi connectivity index (χ2v) is 10.3. The summed E-state index contributed by atoms with van der Waals surface area (Å²) in [5.74, 6) is -0.507. The van der Waals surface area contributed by atoms with Crippen LogP contribution in [0.4, 0.5) is 0 Å². The first kappa shape index (κ1) is 32.5. The molecule has 0 aliphatic heterocycles. The third-order valence-electron chi connectivity index (χ3n) is 5.66. The molecule has 1 rings (SSSR count). The van der Waals surface area contributed by atoms with Gasteiger partial charge >= 0.3 is 17.9 Å². The van der Waals surface area contributed by atoms with Crippen LogP contribution in [0.15, 0.2) is 24.3 Å². The molecule has 0 aromatic heterocycles. The van der Waals surface area contributed by atoms with Crippen molar-refractivity contribution in [2.24, 2.45) is 11.3 Å². The molecule has 0 spiro atoms. The van der Waals surface area contributed by atoms with Gasteiger partial charge in [0.25, 0.3) is 0 Å². The summed E-state index contributed by atoms with van der Waals surface area (Å²) in [6, 6.07) is 6.72. The normalized spacial score (nSPS) is 12.6. The van der Waals surface area contributed by atoms with Crippen LogP contribution in [0.25, 0.3) is 0 Å². The minimum absolute atomic E-state index is 0.0971. The topological polar surface area (TPSA) is 107 Å². The van der Waals surface area contributed by atoms with Gasteiger partial charge in [-0.2, -0.15) is 0 Å². The van der Waals surface area contributed by atoms with Crippen molar-refractivity contribution in [2.75, 3.05) is 39.6 Å². The van der Waals surface area contributed by atoms with Crippen molar-refractivity contribution in [1.82, 2.24) is 0 Å². The van der Waals surface area contributed by atoms with Crippen molar-refractivity contribution in [3.05, 3.63) is 29.8 Å². The lowest BCUT2D eigenvalue weighted by Crippen LogP contribution is -2.38. The van der Waals surface area contributed by atoms with Gasteiger partial charge in [-0.1, -0.05) is 26.0 Å². The number of hydrogen-bond acceptors (Lipinski definition) is 9. The van der Waals surface area contributed by atoms with Gasteiger partial charge in [-0.3, -0.25) is 9.59 Å². The summed E-state index contributed by atoms with van der Waals surface area (Å²) >= 11 is 0. The molecular weight excluding hydrogens is 480 g/mol. The number of benzene rings is 1. The zero-order chi connectivity index (χ0) is 27.9. The Labute approximate surface area is 221 Å². The Balaban J connectivity index is 2.09. The SMILES string of the molecule is CCC(=O)OCc1ccc(OC(=O)COCCOCCOCCC(C)C(C)(C)C(=O)OC(C)(C)C)cc1. The molecule has 210 valence electrons. The van der Waals surface area contributed by atoms with Crippen molar-refractivity contribution in [2.45, 2.75) is 73.5 Å². The van der Waals surface area contributed by atoms with Gasteiger partial charge in [0, 0.05) is 13.0 Å². The van der Waals surface area contributed by atoms with Gasteiger partial charge in [0.1, 0.15) is 24.6 Å². The Morgan fingerprint density at radius 2 is 1.38 bits per heavy atom. The fourth-order valence-electron chi connectivity index (χ4n) is 2.91. The van der Waals surface area contributed by atoms with E-state index in [0.29, 0.717) is 38.6 Å². The van der Waals surface area contributed by atoms with Crippen molar-refractivity contribution < 1.29 is 42.8 Å². The predicted molar refractivity (Wildman–Crippen MR) is 138 cm³/mol. The van der Waals surface area contributed by atoms with Crippen molar-refractivity contribution in [1.29, 1.82) is 0 Å². The third kappa shape index (κ3) is 14.1. The minimum atomic E-state index is -0.597. The molecule has 0 N–H and O–H groups in total. The molecule has 1 atom stereocenters. The summed E-state index contributed by atoms with van der Waals surface area (Å²) in [6.07, 6.45) is 1.05. The van der Waals surface area contributed by atoms with Gasteiger partial charge in [0.2, 0.25) is 0 Å². The van der Waals surface area contributed by atoms with E-state index in [2.05, 4.69) is 0 Å². The number of carbonyl (C=O) groups is 3. The van der Waals surface area contributed by atoms with Gasteiger partial charge in [-0.05, 0) is 64.7 Å². The van der Waals surface area contributed by atoms with Crippen molar-refractivity contribution in [3.8, 4) is 5.75 Å². The monoisotopic (exact) mass is 524 g/mol. The number of carbonyl (C=O) groups excluding carboxylic acids is 3. The molecule has 1 aromatic rings. The molecular formula is C28H44O9. The van der Waals surface area contributed by atoms with Crippen LogP contribution >= 0.6 is 0 Å². The van der Waals surface area contributed by atoms with Crippen LogP contribution in [0.3, 0.4) is 0 Å². The zero-order valence-corrected chi connectivity index (χ0v) is 23.4. The van der Waals surface area contributed by atoms with E-state index in [1.807, 2.05) is 41.5 Å². The van der Waals surface area contributed by atoms with Crippen molar-refractivity contribution >= 4 is 17.9 Å². The van der Waals surface area contributed by atoms with Gasteiger partial charge in [0.05, 0.1) is 31.8 Å². The van der Waals surface area contributed by atoms with E-state index in [9.17, 15) is 14.4 Å². The van der Waals surface area contributed by atoms with E-state index in [-0.39, 0.29) is 37.7 Å². The first-order chi connectivity index (χ1) is 17.3. The molecule has 0 aliphatic carbocycles. The van der Waals surface area contributed by atoms with Crippen molar-refractivity contribution in [3.63, 3.8) is 0 Å². The maximum atomic E-state index is 12.4. The molecule has 37 heavy (non-hydrogen) atoms. The summed E-state index contributed by atoms with van der Waals surface area (Å²) in [7, 11) is 0. The summed E-state index contributed by atoms with van der Waals surface area (Å²) in [5, 5.41) is 0. The number of hydrogen-bond donors (Lipinski definition) is 0. The molecule has 9 nitrogen and oxygen atoms in total. The second-order valence-electron chi connectivity index (χ2n) is 10.3. The molecule has 0 radical (unpaired) electrons. The fraction of sp³-hybridized carbons (Fsp3) is 0.679. The van der Waals surface area contributed by atoms with E-state index in [1.165, 1.54) is 0 Å². The molecule has 0 saturated heterocycles. The Kier molecular flexibility index (Phi) is 14.4. The van der Waals surface area contributed by atoms with Gasteiger partial charge in [0.15, 0.2) is 0 Å². The highest BCUT2D eigenvalue weighted by Gasteiger charge is 2.37. The highest BCUT2D eigenvalue weighted by atomic mass is 16.6. The first-order valence-corrected chi connectivity index (χ1v) is 12.8. The highest BCUT2D eigenvalue weighted by Crippen LogP contribution is 2.32. The highest BCUT2D eigenvalue weighted by molar-refractivity contribution is 5.76. The minimum Gasteiger partial charge on any atom is -0.461 e. The van der Waals surface area contributed by atoms with E-state index < -0.39 is 17.0 Å². The van der Waals surface area contributed by atoms with Gasteiger partial charge < -0.3 is 28.4 Å². The molecule has 0 amide bonds. The lowest BCUT2D eigenvalue weighted by molar-refractivity contribution is -0.169.